The molecular weight excluding hydrogens is 326 g/mol. The van der Waals surface area contributed by atoms with E-state index in [4.69, 9.17) is 4.74 Å². The van der Waals surface area contributed by atoms with Crippen LogP contribution < -0.4 is 9.64 Å². The van der Waals surface area contributed by atoms with Crippen LogP contribution in [0.2, 0.25) is 0 Å². The van der Waals surface area contributed by atoms with Crippen LogP contribution in [0.25, 0.3) is 6.08 Å². The van der Waals surface area contributed by atoms with Crippen molar-refractivity contribution in [3.05, 3.63) is 89.8 Å². The second kappa shape index (κ2) is 6.84. The molecule has 1 aliphatic heterocycles. The van der Waals surface area contributed by atoms with Crippen molar-refractivity contribution < 1.29 is 14.9 Å². The lowest BCUT2D eigenvalue weighted by molar-refractivity contribution is 0.403. The molecule has 0 aromatic heterocycles. The number of phenolic OH excluding ortho intramolecular Hbond substituents is 2. The number of hydrogen-bond acceptors (Lipinski definition) is 4. The van der Waals surface area contributed by atoms with Gasteiger partial charge in [-0.2, -0.15) is 0 Å². The molecule has 0 radical (unpaired) electrons. The predicted octanol–water partition coefficient (Wildman–Crippen LogP) is 4.54. The van der Waals surface area contributed by atoms with Crippen LogP contribution in [0.3, 0.4) is 0 Å². The van der Waals surface area contributed by atoms with Crippen molar-refractivity contribution in [2.45, 2.75) is 6.42 Å². The van der Waals surface area contributed by atoms with Gasteiger partial charge in [0.1, 0.15) is 0 Å². The Morgan fingerprint density at radius 1 is 0.846 bits per heavy atom. The lowest BCUT2D eigenvalue weighted by atomic mass is 10.1. The summed E-state index contributed by atoms with van der Waals surface area (Å²) in [7, 11) is 0. The third-order valence-electron chi connectivity index (χ3n) is 4.39. The summed E-state index contributed by atoms with van der Waals surface area (Å²) in [6, 6.07) is 23.0. The monoisotopic (exact) mass is 345 g/mol. The van der Waals surface area contributed by atoms with Gasteiger partial charge in [0.05, 0.1) is 5.69 Å². The molecule has 3 aromatic carbocycles. The third kappa shape index (κ3) is 3.22. The van der Waals surface area contributed by atoms with Gasteiger partial charge in [0.15, 0.2) is 17.2 Å². The molecule has 1 aliphatic rings. The predicted molar refractivity (Wildman–Crippen MR) is 102 cm³/mol. The average Bonchev–Trinajstić information content (AvgIpc) is 3.01. The van der Waals surface area contributed by atoms with Gasteiger partial charge in [0.25, 0.3) is 0 Å². The molecule has 0 saturated heterocycles. The number of nitrogens with zero attached hydrogens (tertiary/aromatic N) is 1. The Kier molecular flexibility index (Phi) is 4.23. The maximum Gasteiger partial charge on any atom is 0.201 e. The number of hydrogen-bond donors (Lipinski definition) is 2. The molecule has 0 saturated carbocycles. The highest BCUT2D eigenvalue weighted by Gasteiger charge is 2.25. The molecule has 0 unspecified atom stereocenters. The van der Waals surface area contributed by atoms with E-state index in [1.54, 1.807) is 6.07 Å². The number of aromatic hydroxyl groups is 2. The van der Waals surface area contributed by atoms with Crippen molar-refractivity contribution in [3.63, 3.8) is 0 Å². The highest BCUT2D eigenvalue weighted by Crippen LogP contribution is 2.39. The van der Waals surface area contributed by atoms with Crippen molar-refractivity contribution in [1.82, 2.24) is 0 Å². The minimum atomic E-state index is -0.148. The summed E-state index contributed by atoms with van der Waals surface area (Å²) in [5.74, 6) is 1.23. The fourth-order valence-corrected chi connectivity index (χ4v) is 3.05. The Morgan fingerprint density at radius 3 is 2.42 bits per heavy atom. The van der Waals surface area contributed by atoms with Gasteiger partial charge in [-0.1, -0.05) is 48.5 Å². The lowest BCUT2D eigenvalue weighted by Gasteiger charge is -2.18. The minimum Gasteiger partial charge on any atom is -0.504 e. The van der Waals surface area contributed by atoms with Crippen molar-refractivity contribution in [2.75, 3.05) is 11.4 Å². The van der Waals surface area contributed by atoms with Crippen LogP contribution in [-0.4, -0.2) is 16.8 Å². The van der Waals surface area contributed by atoms with Gasteiger partial charge in [-0.05, 0) is 41.8 Å². The summed E-state index contributed by atoms with van der Waals surface area (Å²) in [5, 5.41) is 19.2. The summed E-state index contributed by atoms with van der Waals surface area (Å²) < 4.78 is 6.02. The number of benzene rings is 3. The molecule has 0 bridgehead atoms. The molecule has 0 atom stereocenters. The van der Waals surface area contributed by atoms with Crippen LogP contribution in [-0.2, 0) is 6.42 Å². The fourth-order valence-electron chi connectivity index (χ4n) is 3.05. The van der Waals surface area contributed by atoms with Crippen LogP contribution in [0.5, 0.6) is 17.2 Å². The Bertz CT molecular complexity index is 951. The van der Waals surface area contributed by atoms with Gasteiger partial charge in [-0.3, -0.25) is 0 Å². The van der Waals surface area contributed by atoms with Crippen molar-refractivity contribution >= 4 is 11.8 Å². The van der Waals surface area contributed by atoms with Crippen molar-refractivity contribution in [3.8, 4) is 17.2 Å². The van der Waals surface area contributed by atoms with Crippen molar-refractivity contribution in [2.24, 2.45) is 0 Å². The van der Waals surface area contributed by atoms with Crippen LogP contribution in [0.1, 0.15) is 11.1 Å². The van der Waals surface area contributed by atoms with E-state index in [1.807, 2.05) is 48.5 Å². The zero-order chi connectivity index (χ0) is 17.9. The molecule has 3 aromatic rings. The second-order valence-corrected chi connectivity index (χ2v) is 6.19. The molecule has 0 aliphatic carbocycles. The van der Waals surface area contributed by atoms with E-state index in [-0.39, 0.29) is 11.5 Å². The molecule has 130 valence electrons. The molecule has 26 heavy (non-hydrogen) atoms. The van der Waals surface area contributed by atoms with Crippen LogP contribution >= 0.6 is 0 Å². The van der Waals surface area contributed by atoms with E-state index in [0.717, 1.165) is 30.0 Å². The van der Waals surface area contributed by atoms with Gasteiger partial charge < -0.3 is 19.8 Å². The van der Waals surface area contributed by atoms with Crippen LogP contribution in [0.15, 0.2) is 78.7 Å². The Labute approximate surface area is 152 Å². The largest absolute Gasteiger partial charge is 0.504 e. The van der Waals surface area contributed by atoms with Crippen LogP contribution in [0, 0.1) is 0 Å². The quantitative estimate of drug-likeness (QED) is 0.682. The zero-order valence-corrected chi connectivity index (χ0v) is 14.2. The number of anilines is 1. The smallest absolute Gasteiger partial charge is 0.201 e. The molecule has 2 N–H and O–H groups in total. The Balaban J connectivity index is 1.64. The summed E-state index contributed by atoms with van der Waals surface area (Å²) in [4.78, 5) is 2.13. The number of ether oxygens (including phenoxy) is 1. The number of rotatable bonds is 4. The molecule has 4 rings (SSSR count). The van der Waals surface area contributed by atoms with E-state index >= 15 is 0 Å². The van der Waals surface area contributed by atoms with E-state index in [1.165, 1.54) is 17.7 Å². The maximum atomic E-state index is 9.73. The molecule has 4 nitrogen and oxygen atoms in total. The number of para-hydroxylation sites is 2. The van der Waals surface area contributed by atoms with E-state index < -0.39 is 0 Å². The van der Waals surface area contributed by atoms with E-state index in [9.17, 15) is 10.2 Å². The van der Waals surface area contributed by atoms with Gasteiger partial charge >= 0.3 is 0 Å². The normalized spacial score (nSPS) is 14.3. The number of fused-ring (bicyclic) bond motifs is 1. The third-order valence-corrected chi connectivity index (χ3v) is 4.39. The number of phenols is 2. The average molecular weight is 345 g/mol. The highest BCUT2D eigenvalue weighted by molar-refractivity contribution is 5.71. The Hall–Kier alpha value is -3.40. The van der Waals surface area contributed by atoms with Crippen LogP contribution in [0.4, 0.5) is 5.69 Å². The molecular formula is C22H19NO3. The van der Waals surface area contributed by atoms with Gasteiger partial charge in [0, 0.05) is 12.6 Å². The fraction of sp³-hybridized carbons (Fsp3) is 0.0909. The maximum absolute atomic E-state index is 9.73. The highest BCUT2D eigenvalue weighted by atomic mass is 16.5. The molecule has 0 amide bonds. The topological polar surface area (TPSA) is 52.9 Å². The molecule has 0 fully saturated rings. The van der Waals surface area contributed by atoms with E-state index in [2.05, 4.69) is 17.0 Å². The van der Waals surface area contributed by atoms with E-state index in [0.29, 0.717) is 5.88 Å². The summed E-state index contributed by atoms with van der Waals surface area (Å²) in [6.45, 7) is 0.775. The van der Waals surface area contributed by atoms with Crippen molar-refractivity contribution in [1.29, 1.82) is 0 Å². The molecule has 1 heterocycles. The first-order valence-electron chi connectivity index (χ1n) is 8.53. The second-order valence-electron chi connectivity index (χ2n) is 6.19. The molecule has 4 heteroatoms. The first-order chi connectivity index (χ1) is 12.7. The van der Waals surface area contributed by atoms with Gasteiger partial charge in [-0.25, -0.2) is 0 Å². The minimum absolute atomic E-state index is 0.135. The van der Waals surface area contributed by atoms with Gasteiger partial charge in [0.2, 0.25) is 5.88 Å². The molecule has 0 spiro atoms. The standard InChI is InChI=1S/C22H19NO3/c24-19-11-10-17(14-20(19)25)15-22-23(13-12-16-6-2-1-3-7-16)18-8-4-5-9-21(18)26-22/h1-11,14-15,24-25H,12-13H2/b22-15-. The van der Waals surface area contributed by atoms with Gasteiger partial charge in [-0.15, -0.1) is 0 Å². The zero-order valence-electron chi connectivity index (χ0n) is 14.2. The first-order valence-corrected chi connectivity index (χ1v) is 8.53. The first kappa shape index (κ1) is 16.1. The summed E-state index contributed by atoms with van der Waals surface area (Å²) in [6.07, 6.45) is 2.75. The SMILES string of the molecule is Oc1ccc(/C=C2\Oc3ccccc3N2CCc2ccccc2)cc1O. The summed E-state index contributed by atoms with van der Waals surface area (Å²) >= 11 is 0. The Morgan fingerprint density at radius 2 is 1.62 bits per heavy atom. The summed E-state index contributed by atoms with van der Waals surface area (Å²) in [5.41, 5.74) is 3.05. The lowest BCUT2D eigenvalue weighted by Crippen LogP contribution is -2.22.